The van der Waals surface area contributed by atoms with Crippen molar-refractivity contribution in [3.8, 4) is 23.1 Å². The minimum atomic E-state index is -0.703. The summed E-state index contributed by atoms with van der Waals surface area (Å²) in [7, 11) is 1.62. The van der Waals surface area contributed by atoms with E-state index >= 15 is 0 Å². The fourth-order valence-electron chi connectivity index (χ4n) is 2.80. The lowest BCUT2D eigenvalue weighted by molar-refractivity contribution is 0.102. The number of pyridine rings is 1. The van der Waals surface area contributed by atoms with Gasteiger partial charge in [-0.1, -0.05) is 18.2 Å². The van der Waals surface area contributed by atoms with Crippen LogP contribution in [0.3, 0.4) is 0 Å². The lowest BCUT2D eigenvalue weighted by atomic mass is 10.1. The van der Waals surface area contributed by atoms with E-state index in [1.165, 1.54) is 6.20 Å². The van der Waals surface area contributed by atoms with Crippen molar-refractivity contribution in [1.29, 1.82) is 0 Å². The zero-order chi connectivity index (χ0) is 20.6. The molecular weight excluding hydrogens is 372 g/mol. The van der Waals surface area contributed by atoms with Crippen LogP contribution in [0.5, 0.6) is 23.1 Å². The maximum absolute atomic E-state index is 10.2. The van der Waals surface area contributed by atoms with Crippen LogP contribution in [0.1, 0.15) is 6.92 Å². The van der Waals surface area contributed by atoms with Crippen molar-refractivity contribution in [2.45, 2.75) is 19.1 Å². The third-order valence-electron chi connectivity index (χ3n) is 4.43. The number of nitrogens with one attached hydrogen (secondary N) is 1. The highest BCUT2D eigenvalue weighted by Gasteiger charge is 2.12. The maximum Gasteiger partial charge on any atom is 0.219 e. The molecule has 3 aromatic rings. The lowest BCUT2D eigenvalue weighted by Crippen LogP contribution is -2.39. The summed E-state index contributed by atoms with van der Waals surface area (Å²) < 4.78 is 16.6. The van der Waals surface area contributed by atoms with Crippen LogP contribution in [0.4, 0.5) is 0 Å². The molecule has 29 heavy (non-hydrogen) atoms. The van der Waals surface area contributed by atoms with Gasteiger partial charge in [-0.2, -0.15) is 0 Å². The molecule has 154 valence electrons. The third-order valence-corrected chi connectivity index (χ3v) is 4.43. The molecule has 3 rings (SSSR count). The first-order valence-corrected chi connectivity index (χ1v) is 9.44. The summed E-state index contributed by atoms with van der Waals surface area (Å²) >= 11 is 0. The summed E-state index contributed by atoms with van der Waals surface area (Å²) in [5.41, 5.74) is 0. The Morgan fingerprint density at radius 2 is 1.66 bits per heavy atom. The molecule has 7 nitrogen and oxygen atoms in total. The Labute approximate surface area is 169 Å². The van der Waals surface area contributed by atoms with Crippen LogP contribution >= 0.6 is 0 Å². The van der Waals surface area contributed by atoms with Gasteiger partial charge in [0.2, 0.25) is 5.88 Å². The van der Waals surface area contributed by atoms with Gasteiger partial charge in [-0.25, -0.2) is 4.98 Å². The van der Waals surface area contributed by atoms with Gasteiger partial charge in [0.15, 0.2) is 0 Å². The summed E-state index contributed by atoms with van der Waals surface area (Å²) in [5, 5.41) is 24.6. The van der Waals surface area contributed by atoms with Crippen LogP contribution in [0.15, 0.2) is 54.7 Å². The highest BCUT2D eigenvalue weighted by Crippen LogP contribution is 2.29. The smallest absolute Gasteiger partial charge is 0.219 e. The molecule has 1 heterocycles. The molecule has 0 radical (unpaired) electrons. The topological polar surface area (TPSA) is 93.1 Å². The summed E-state index contributed by atoms with van der Waals surface area (Å²) in [6.07, 6.45) is 0.759. The Balaban J connectivity index is 1.42. The second-order valence-electron chi connectivity index (χ2n) is 6.75. The van der Waals surface area contributed by atoms with Crippen molar-refractivity contribution in [3.05, 3.63) is 54.7 Å². The predicted molar refractivity (Wildman–Crippen MR) is 111 cm³/mol. The molecule has 0 aliphatic carbocycles. The zero-order valence-electron chi connectivity index (χ0n) is 16.5. The van der Waals surface area contributed by atoms with Gasteiger partial charge in [-0.15, -0.1) is 0 Å². The third kappa shape index (κ3) is 5.73. The highest BCUT2D eigenvalue weighted by atomic mass is 16.5. The molecule has 0 aliphatic heterocycles. The molecule has 2 atom stereocenters. The van der Waals surface area contributed by atoms with Crippen molar-refractivity contribution >= 4 is 10.8 Å². The van der Waals surface area contributed by atoms with Crippen molar-refractivity contribution in [1.82, 2.24) is 10.3 Å². The van der Waals surface area contributed by atoms with E-state index < -0.39 is 6.10 Å². The average molecular weight is 398 g/mol. The van der Waals surface area contributed by atoms with Crippen molar-refractivity contribution in [2.75, 3.05) is 26.9 Å². The second-order valence-corrected chi connectivity index (χ2v) is 6.75. The molecule has 0 amide bonds. The maximum atomic E-state index is 10.2. The largest absolute Gasteiger partial charge is 0.497 e. The number of hydrogen-bond acceptors (Lipinski definition) is 7. The van der Waals surface area contributed by atoms with E-state index in [0.717, 1.165) is 16.9 Å². The number of methoxy groups -OCH3 is 1. The van der Waals surface area contributed by atoms with E-state index in [4.69, 9.17) is 14.2 Å². The van der Waals surface area contributed by atoms with Gasteiger partial charge in [-0.05, 0) is 37.3 Å². The lowest BCUT2D eigenvalue weighted by Gasteiger charge is -2.18. The van der Waals surface area contributed by atoms with Crippen molar-refractivity contribution in [2.24, 2.45) is 0 Å². The average Bonchev–Trinajstić information content (AvgIpc) is 2.76. The number of aromatic nitrogens is 1. The second kappa shape index (κ2) is 9.95. The SMILES string of the molecule is COc1ccc(OCC(C)NCC(O)COc2cnc(O)c3ccccc23)cc1. The number of hydrogen-bond donors (Lipinski definition) is 3. The molecule has 2 unspecified atom stereocenters. The van der Waals surface area contributed by atoms with Gasteiger partial charge in [0, 0.05) is 23.4 Å². The summed E-state index contributed by atoms with van der Waals surface area (Å²) in [4.78, 5) is 3.93. The normalized spacial score (nSPS) is 13.1. The van der Waals surface area contributed by atoms with Crippen molar-refractivity contribution in [3.63, 3.8) is 0 Å². The van der Waals surface area contributed by atoms with E-state index in [9.17, 15) is 10.2 Å². The number of aromatic hydroxyl groups is 1. The molecule has 0 saturated carbocycles. The van der Waals surface area contributed by atoms with Crippen LogP contribution in [0, 0.1) is 0 Å². The molecule has 0 spiro atoms. The number of aliphatic hydroxyl groups excluding tert-OH is 1. The van der Waals surface area contributed by atoms with Gasteiger partial charge < -0.3 is 29.7 Å². The van der Waals surface area contributed by atoms with Crippen LogP contribution in [0.2, 0.25) is 0 Å². The van der Waals surface area contributed by atoms with E-state index in [2.05, 4.69) is 10.3 Å². The molecule has 0 saturated heterocycles. The van der Waals surface area contributed by atoms with Crippen molar-refractivity contribution < 1.29 is 24.4 Å². The van der Waals surface area contributed by atoms with Crippen LogP contribution in [0.25, 0.3) is 10.8 Å². The number of benzene rings is 2. The molecule has 7 heteroatoms. The van der Waals surface area contributed by atoms with Crippen LogP contribution < -0.4 is 19.5 Å². The molecule has 0 aliphatic rings. The fourth-order valence-corrected chi connectivity index (χ4v) is 2.80. The van der Waals surface area contributed by atoms with Gasteiger partial charge in [-0.3, -0.25) is 0 Å². The monoisotopic (exact) mass is 398 g/mol. The van der Waals surface area contributed by atoms with Crippen LogP contribution in [-0.4, -0.2) is 54.2 Å². The molecule has 3 N–H and O–H groups in total. The fraction of sp³-hybridized carbons (Fsp3) is 0.318. The van der Waals surface area contributed by atoms with E-state index in [0.29, 0.717) is 24.3 Å². The zero-order valence-corrected chi connectivity index (χ0v) is 16.5. The molecule has 0 fully saturated rings. The Morgan fingerprint density at radius 3 is 2.38 bits per heavy atom. The van der Waals surface area contributed by atoms with E-state index in [-0.39, 0.29) is 18.5 Å². The summed E-state index contributed by atoms with van der Waals surface area (Å²) in [6, 6.07) is 14.7. The predicted octanol–water partition coefficient (Wildman–Crippen LogP) is 2.75. The molecule has 1 aromatic heterocycles. The Morgan fingerprint density at radius 1 is 0.966 bits per heavy atom. The van der Waals surface area contributed by atoms with Gasteiger partial charge in [0.25, 0.3) is 0 Å². The van der Waals surface area contributed by atoms with Gasteiger partial charge >= 0.3 is 0 Å². The first-order valence-electron chi connectivity index (χ1n) is 9.44. The first kappa shape index (κ1) is 20.7. The first-order chi connectivity index (χ1) is 14.1. The minimum absolute atomic E-state index is 0.0409. The summed E-state index contributed by atoms with van der Waals surface area (Å²) in [5.74, 6) is 2.02. The number of fused-ring (bicyclic) bond motifs is 1. The molecular formula is C22H26N2O5. The number of nitrogens with zero attached hydrogens (tertiary/aromatic N) is 1. The van der Waals surface area contributed by atoms with Crippen LogP contribution in [-0.2, 0) is 0 Å². The molecule has 2 aromatic carbocycles. The van der Waals surface area contributed by atoms with Gasteiger partial charge in [0.05, 0.1) is 13.3 Å². The molecule has 0 bridgehead atoms. The minimum Gasteiger partial charge on any atom is -0.497 e. The Bertz CT molecular complexity index is 917. The standard InChI is InChI=1S/C22H26N2O5/c1-15(13-28-18-9-7-17(27-2)8-10-18)23-11-16(25)14-29-21-12-24-22(26)20-6-4-3-5-19(20)21/h3-10,12,15-16,23,25H,11,13-14H2,1-2H3,(H,24,26). The highest BCUT2D eigenvalue weighted by molar-refractivity contribution is 5.91. The Kier molecular flexibility index (Phi) is 7.10. The number of rotatable bonds is 10. The number of aliphatic hydroxyl groups is 1. The van der Waals surface area contributed by atoms with E-state index in [1.807, 2.05) is 49.4 Å². The number of ether oxygens (including phenoxy) is 3. The Hall–Kier alpha value is -3.03. The quantitative estimate of drug-likeness (QED) is 0.483. The van der Waals surface area contributed by atoms with E-state index in [1.54, 1.807) is 13.2 Å². The summed E-state index contributed by atoms with van der Waals surface area (Å²) in [6.45, 7) is 2.91. The van der Waals surface area contributed by atoms with Gasteiger partial charge in [0.1, 0.15) is 36.6 Å².